The second kappa shape index (κ2) is 8.33. The Morgan fingerprint density at radius 3 is 2.50 bits per heavy atom. The number of anilines is 1. The van der Waals surface area contributed by atoms with Crippen molar-refractivity contribution in [3.63, 3.8) is 0 Å². The summed E-state index contributed by atoms with van der Waals surface area (Å²) in [5, 5.41) is 6.79. The maximum atomic E-state index is 14.0. The van der Waals surface area contributed by atoms with Crippen LogP contribution in [0.3, 0.4) is 0 Å². The molecule has 7 nitrogen and oxygen atoms in total. The van der Waals surface area contributed by atoms with Crippen molar-refractivity contribution >= 4 is 27.3 Å². The monoisotopic (exact) mass is 425 g/mol. The van der Waals surface area contributed by atoms with Crippen LogP contribution in [0.25, 0.3) is 0 Å². The van der Waals surface area contributed by atoms with E-state index in [9.17, 15) is 35.6 Å². The summed E-state index contributed by atoms with van der Waals surface area (Å²) in [7, 11) is -3.16. The number of hydrogen-bond donors (Lipinski definition) is 3. The Bertz CT molecular complexity index is 871. The van der Waals surface area contributed by atoms with Crippen molar-refractivity contribution in [2.24, 2.45) is 0 Å². The fourth-order valence-corrected chi connectivity index (χ4v) is 4.31. The lowest BCUT2D eigenvalue weighted by molar-refractivity contribution is -0.123. The molecular weight excluding hydrogens is 406 g/mol. The Labute approximate surface area is 158 Å². The molecule has 1 unspecified atom stereocenters. The third-order valence-electron chi connectivity index (χ3n) is 4.09. The molecule has 0 aliphatic carbocycles. The summed E-state index contributed by atoms with van der Waals surface area (Å²) in [5.74, 6) is -2.63. The fraction of sp³-hybridized carbons (Fsp3) is 0.500. The lowest BCUT2D eigenvalue weighted by Gasteiger charge is -2.15. The molecule has 1 aromatic rings. The minimum Gasteiger partial charge on any atom is -0.376 e. The van der Waals surface area contributed by atoms with E-state index in [0.29, 0.717) is 6.42 Å². The van der Waals surface area contributed by atoms with Crippen LogP contribution in [-0.4, -0.2) is 57.0 Å². The molecule has 2 rings (SSSR count). The third kappa shape index (κ3) is 6.36. The fourth-order valence-electron chi connectivity index (χ4n) is 2.64. The molecule has 156 valence electrons. The first-order valence-corrected chi connectivity index (χ1v) is 10.1. The lowest BCUT2D eigenvalue weighted by Crippen LogP contribution is -2.39. The van der Waals surface area contributed by atoms with E-state index in [1.54, 1.807) is 5.32 Å². The van der Waals surface area contributed by atoms with Crippen molar-refractivity contribution in [1.29, 1.82) is 0 Å². The molecule has 1 fully saturated rings. The van der Waals surface area contributed by atoms with Gasteiger partial charge in [0.15, 0.2) is 9.84 Å². The predicted molar refractivity (Wildman–Crippen MR) is 93.2 cm³/mol. The first-order valence-electron chi connectivity index (χ1n) is 8.25. The van der Waals surface area contributed by atoms with Crippen LogP contribution < -0.4 is 16.0 Å². The van der Waals surface area contributed by atoms with Crippen molar-refractivity contribution in [2.45, 2.75) is 25.6 Å². The number of alkyl halides is 3. The summed E-state index contributed by atoms with van der Waals surface area (Å²) < 4.78 is 73.4. The van der Waals surface area contributed by atoms with Gasteiger partial charge in [0.1, 0.15) is 12.4 Å². The molecule has 0 aromatic heterocycles. The minimum atomic E-state index is -4.61. The number of sulfone groups is 1. The van der Waals surface area contributed by atoms with Gasteiger partial charge in [0.25, 0.3) is 5.91 Å². The molecule has 12 heteroatoms. The Morgan fingerprint density at radius 2 is 1.93 bits per heavy atom. The molecule has 0 radical (unpaired) electrons. The molecule has 1 aliphatic rings. The van der Waals surface area contributed by atoms with Gasteiger partial charge in [-0.2, -0.15) is 13.2 Å². The van der Waals surface area contributed by atoms with Gasteiger partial charge in [-0.05, 0) is 25.5 Å². The number of amides is 2. The summed E-state index contributed by atoms with van der Waals surface area (Å²) in [6, 6.07) is 1.43. The van der Waals surface area contributed by atoms with E-state index in [4.69, 9.17) is 0 Å². The van der Waals surface area contributed by atoms with Crippen LogP contribution in [0, 0.1) is 12.7 Å². The molecule has 1 aliphatic heterocycles. The van der Waals surface area contributed by atoms with Gasteiger partial charge < -0.3 is 16.0 Å². The SMILES string of the molecule is Cc1c(F)cc(C(=O)NCC(F)(F)F)cc1NCC(=O)NC1CCS(=O)(=O)C1. The molecular formula is C16H19F4N3O4S. The first kappa shape index (κ1) is 21.9. The smallest absolute Gasteiger partial charge is 0.376 e. The molecule has 0 bridgehead atoms. The maximum absolute atomic E-state index is 14.0. The van der Waals surface area contributed by atoms with Gasteiger partial charge in [0, 0.05) is 22.9 Å². The summed E-state index contributed by atoms with van der Waals surface area (Å²) in [4.78, 5) is 23.7. The second-order valence-corrected chi connectivity index (χ2v) is 8.68. The van der Waals surface area contributed by atoms with E-state index in [1.165, 1.54) is 6.92 Å². The van der Waals surface area contributed by atoms with Gasteiger partial charge in [0.05, 0.1) is 18.1 Å². The number of rotatable bonds is 6. The number of carbonyl (C=O) groups is 2. The van der Waals surface area contributed by atoms with Gasteiger partial charge in [-0.15, -0.1) is 0 Å². The maximum Gasteiger partial charge on any atom is 0.405 e. The molecule has 1 aromatic carbocycles. The standard InChI is InChI=1S/C16H19F4N3O4S/c1-9-12(17)4-10(15(25)22-8-16(18,19)20)5-13(9)21-6-14(24)23-11-2-3-28(26,27)7-11/h4-5,11,21H,2-3,6-8H2,1H3,(H,22,25)(H,23,24). The van der Waals surface area contributed by atoms with E-state index in [1.807, 2.05) is 0 Å². The van der Waals surface area contributed by atoms with Crippen molar-refractivity contribution in [3.8, 4) is 0 Å². The quantitative estimate of drug-likeness (QED) is 0.593. The summed E-state index contributed by atoms with van der Waals surface area (Å²) in [6.07, 6.45) is -4.30. The Hall–Kier alpha value is -2.37. The first-order chi connectivity index (χ1) is 12.9. The molecule has 0 spiro atoms. The highest BCUT2D eigenvalue weighted by atomic mass is 32.2. The van der Waals surface area contributed by atoms with Crippen LogP contribution in [0.1, 0.15) is 22.3 Å². The van der Waals surface area contributed by atoms with Gasteiger partial charge in [-0.3, -0.25) is 9.59 Å². The summed E-state index contributed by atoms with van der Waals surface area (Å²) in [5.41, 5.74) is -0.202. The van der Waals surface area contributed by atoms with Crippen LogP contribution in [-0.2, 0) is 14.6 Å². The van der Waals surface area contributed by atoms with Crippen molar-refractivity contribution < 1.29 is 35.6 Å². The largest absolute Gasteiger partial charge is 0.405 e. The molecule has 1 heterocycles. The highest BCUT2D eigenvalue weighted by Gasteiger charge is 2.29. The highest BCUT2D eigenvalue weighted by Crippen LogP contribution is 2.21. The van der Waals surface area contributed by atoms with E-state index in [0.717, 1.165) is 12.1 Å². The molecule has 2 amide bonds. The average Bonchev–Trinajstić information content (AvgIpc) is 2.91. The molecule has 3 N–H and O–H groups in total. The van der Waals surface area contributed by atoms with Crippen LogP contribution in [0.15, 0.2) is 12.1 Å². The van der Waals surface area contributed by atoms with Crippen molar-refractivity contribution in [1.82, 2.24) is 10.6 Å². The molecule has 1 saturated heterocycles. The number of carbonyl (C=O) groups excluding carboxylic acids is 2. The van der Waals surface area contributed by atoms with Crippen LogP contribution in [0.5, 0.6) is 0 Å². The van der Waals surface area contributed by atoms with Crippen molar-refractivity contribution in [3.05, 3.63) is 29.1 Å². The minimum absolute atomic E-state index is 0.00915. The van der Waals surface area contributed by atoms with E-state index in [2.05, 4.69) is 10.6 Å². The zero-order chi connectivity index (χ0) is 21.1. The molecule has 28 heavy (non-hydrogen) atoms. The average molecular weight is 425 g/mol. The number of nitrogens with one attached hydrogen (secondary N) is 3. The summed E-state index contributed by atoms with van der Waals surface area (Å²) in [6.45, 7) is -0.516. The molecule has 0 saturated carbocycles. The number of halogens is 4. The number of hydrogen-bond acceptors (Lipinski definition) is 5. The molecule has 1 atom stereocenters. The van der Waals surface area contributed by atoms with Crippen LogP contribution in [0.4, 0.5) is 23.2 Å². The van der Waals surface area contributed by atoms with Crippen molar-refractivity contribution in [2.75, 3.05) is 29.9 Å². The van der Waals surface area contributed by atoms with Gasteiger partial charge in [0.2, 0.25) is 5.91 Å². The normalized spacial score (nSPS) is 18.5. The Balaban J connectivity index is 1.99. The van der Waals surface area contributed by atoms with Gasteiger partial charge >= 0.3 is 6.18 Å². The Morgan fingerprint density at radius 1 is 1.25 bits per heavy atom. The Kier molecular flexibility index (Phi) is 6.52. The summed E-state index contributed by atoms with van der Waals surface area (Å²) >= 11 is 0. The highest BCUT2D eigenvalue weighted by molar-refractivity contribution is 7.91. The topological polar surface area (TPSA) is 104 Å². The predicted octanol–water partition coefficient (Wildman–Crippen LogP) is 1.14. The van der Waals surface area contributed by atoms with E-state index >= 15 is 0 Å². The zero-order valence-electron chi connectivity index (χ0n) is 14.8. The van der Waals surface area contributed by atoms with Gasteiger partial charge in [-0.25, -0.2) is 12.8 Å². The number of benzene rings is 1. The van der Waals surface area contributed by atoms with E-state index < -0.39 is 46.2 Å². The third-order valence-corrected chi connectivity index (χ3v) is 5.86. The van der Waals surface area contributed by atoms with Crippen LogP contribution >= 0.6 is 0 Å². The second-order valence-electron chi connectivity index (χ2n) is 6.45. The van der Waals surface area contributed by atoms with Crippen LogP contribution in [0.2, 0.25) is 0 Å². The lowest BCUT2D eigenvalue weighted by atomic mass is 10.1. The zero-order valence-corrected chi connectivity index (χ0v) is 15.6. The van der Waals surface area contributed by atoms with Gasteiger partial charge in [-0.1, -0.05) is 0 Å². The van der Waals surface area contributed by atoms with E-state index in [-0.39, 0.29) is 34.9 Å².